The molecular formula is C16H25N3O2. The van der Waals surface area contributed by atoms with E-state index in [1.54, 1.807) is 0 Å². The summed E-state index contributed by atoms with van der Waals surface area (Å²) in [6.07, 6.45) is 2.12. The van der Waals surface area contributed by atoms with Crippen LogP contribution in [0.3, 0.4) is 0 Å². The molecule has 0 heterocycles. The Morgan fingerprint density at radius 3 is 2.33 bits per heavy atom. The van der Waals surface area contributed by atoms with Crippen LogP contribution in [0.1, 0.15) is 32.8 Å². The predicted octanol–water partition coefficient (Wildman–Crippen LogP) is 1.68. The minimum Gasteiger partial charge on any atom is -0.346 e. The van der Waals surface area contributed by atoms with E-state index < -0.39 is 6.04 Å². The summed E-state index contributed by atoms with van der Waals surface area (Å²) in [5, 5.41) is 5.28. The van der Waals surface area contributed by atoms with Gasteiger partial charge in [0.25, 0.3) is 0 Å². The molecule has 5 heteroatoms. The van der Waals surface area contributed by atoms with Gasteiger partial charge in [0.15, 0.2) is 0 Å². The highest BCUT2D eigenvalue weighted by Gasteiger charge is 2.17. The summed E-state index contributed by atoms with van der Waals surface area (Å²) in [6.45, 7) is 5.78. The van der Waals surface area contributed by atoms with Gasteiger partial charge in [0.05, 0.1) is 12.6 Å². The topological polar surface area (TPSA) is 84.2 Å². The fourth-order valence-electron chi connectivity index (χ4n) is 1.84. The smallest absolute Gasteiger partial charge is 0.243 e. The van der Waals surface area contributed by atoms with Crippen molar-refractivity contribution in [1.82, 2.24) is 5.32 Å². The van der Waals surface area contributed by atoms with E-state index >= 15 is 0 Å². The Kier molecular flexibility index (Phi) is 6.88. The molecule has 0 aliphatic carbocycles. The number of carbonyl (C=O) groups is 2. The Bertz CT molecular complexity index is 469. The number of hydrogen-bond acceptors (Lipinski definition) is 3. The van der Waals surface area contributed by atoms with E-state index in [0.29, 0.717) is 0 Å². The quantitative estimate of drug-likeness (QED) is 0.714. The molecule has 1 atom stereocenters. The van der Waals surface area contributed by atoms with Crippen molar-refractivity contribution in [2.24, 2.45) is 11.7 Å². The molecule has 0 unspecified atom stereocenters. The van der Waals surface area contributed by atoms with Gasteiger partial charge in [-0.25, -0.2) is 0 Å². The SMILES string of the molecule is CCCc1ccc(NC(=O)CNC(=O)[C@@H](N)C(C)C)cc1. The van der Waals surface area contributed by atoms with Gasteiger partial charge < -0.3 is 16.4 Å². The third-order valence-corrected chi connectivity index (χ3v) is 3.22. The third kappa shape index (κ3) is 5.95. The largest absolute Gasteiger partial charge is 0.346 e. The van der Waals surface area contributed by atoms with Gasteiger partial charge in [-0.1, -0.05) is 39.3 Å². The lowest BCUT2D eigenvalue weighted by atomic mass is 10.1. The molecule has 0 spiro atoms. The van der Waals surface area contributed by atoms with Crippen LogP contribution >= 0.6 is 0 Å². The Balaban J connectivity index is 2.41. The highest BCUT2D eigenvalue weighted by Crippen LogP contribution is 2.10. The lowest BCUT2D eigenvalue weighted by molar-refractivity contribution is -0.125. The summed E-state index contributed by atoms with van der Waals surface area (Å²) < 4.78 is 0. The van der Waals surface area contributed by atoms with Gasteiger partial charge in [0.1, 0.15) is 0 Å². The number of nitrogens with one attached hydrogen (secondary N) is 2. The third-order valence-electron chi connectivity index (χ3n) is 3.22. The summed E-state index contributed by atoms with van der Waals surface area (Å²) >= 11 is 0. The van der Waals surface area contributed by atoms with Crippen molar-refractivity contribution in [2.45, 2.75) is 39.7 Å². The van der Waals surface area contributed by atoms with Gasteiger partial charge in [0, 0.05) is 5.69 Å². The summed E-state index contributed by atoms with van der Waals surface area (Å²) in [5.74, 6) is -0.528. The molecule has 4 N–H and O–H groups in total. The van der Waals surface area contributed by atoms with E-state index in [2.05, 4.69) is 17.6 Å². The first-order valence-corrected chi connectivity index (χ1v) is 7.36. The molecular weight excluding hydrogens is 266 g/mol. The molecule has 0 radical (unpaired) electrons. The van der Waals surface area contributed by atoms with Crippen LogP contribution in [-0.4, -0.2) is 24.4 Å². The molecule has 116 valence electrons. The molecule has 1 rings (SSSR count). The first kappa shape index (κ1) is 17.2. The number of amides is 2. The fourth-order valence-corrected chi connectivity index (χ4v) is 1.84. The van der Waals surface area contributed by atoms with Crippen LogP contribution in [0, 0.1) is 5.92 Å². The molecule has 1 aromatic rings. The zero-order valence-corrected chi connectivity index (χ0v) is 13.0. The van der Waals surface area contributed by atoms with Crippen molar-refractivity contribution >= 4 is 17.5 Å². The monoisotopic (exact) mass is 291 g/mol. The second-order valence-corrected chi connectivity index (χ2v) is 5.48. The maximum Gasteiger partial charge on any atom is 0.243 e. The van der Waals surface area contributed by atoms with Gasteiger partial charge in [-0.3, -0.25) is 9.59 Å². The van der Waals surface area contributed by atoms with E-state index in [9.17, 15) is 9.59 Å². The minimum absolute atomic E-state index is 0.0409. The van der Waals surface area contributed by atoms with Crippen LogP contribution in [0.15, 0.2) is 24.3 Å². The lowest BCUT2D eigenvalue weighted by Gasteiger charge is -2.15. The fraction of sp³-hybridized carbons (Fsp3) is 0.500. The molecule has 0 bridgehead atoms. The van der Waals surface area contributed by atoms with Crippen molar-refractivity contribution < 1.29 is 9.59 Å². The first-order chi connectivity index (χ1) is 9.93. The highest BCUT2D eigenvalue weighted by atomic mass is 16.2. The Hall–Kier alpha value is -1.88. The van der Waals surface area contributed by atoms with Gasteiger partial charge in [-0.05, 0) is 30.0 Å². The number of nitrogens with two attached hydrogens (primary N) is 1. The van der Waals surface area contributed by atoms with E-state index in [4.69, 9.17) is 5.73 Å². The maximum absolute atomic E-state index is 11.8. The second kappa shape index (κ2) is 8.42. The van der Waals surface area contributed by atoms with E-state index in [-0.39, 0.29) is 24.3 Å². The van der Waals surface area contributed by atoms with Crippen molar-refractivity contribution in [3.63, 3.8) is 0 Å². The Morgan fingerprint density at radius 1 is 1.19 bits per heavy atom. The average molecular weight is 291 g/mol. The van der Waals surface area contributed by atoms with Gasteiger partial charge in [-0.2, -0.15) is 0 Å². The van der Waals surface area contributed by atoms with Crippen LogP contribution in [0.2, 0.25) is 0 Å². The molecule has 0 aliphatic heterocycles. The average Bonchev–Trinajstić information content (AvgIpc) is 2.46. The molecule has 0 fully saturated rings. The molecule has 1 aromatic carbocycles. The van der Waals surface area contributed by atoms with Gasteiger partial charge >= 0.3 is 0 Å². The molecule has 0 saturated carbocycles. The molecule has 0 aliphatic rings. The molecule has 21 heavy (non-hydrogen) atoms. The van der Waals surface area contributed by atoms with E-state index in [1.165, 1.54) is 5.56 Å². The summed E-state index contributed by atoms with van der Waals surface area (Å²) in [6, 6.07) is 7.12. The Labute approximate surface area is 126 Å². The second-order valence-electron chi connectivity index (χ2n) is 5.48. The normalized spacial score (nSPS) is 12.0. The predicted molar refractivity (Wildman–Crippen MR) is 84.9 cm³/mol. The zero-order valence-electron chi connectivity index (χ0n) is 13.0. The highest BCUT2D eigenvalue weighted by molar-refractivity contribution is 5.95. The van der Waals surface area contributed by atoms with Gasteiger partial charge in [0.2, 0.25) is 11.8 Å². The van der Waals surface area contributed by atoms with E-state index in [0.717, 1.165) is 18.5 Å². The maximum atomic E-state index is 11.8. The van der Waals surface area contributed by atoms with Gasteiger partial charge in [-0.15, -0.1) is 0 Å². The number of aryl methyl sites for hydroxylation is 1. The van der Waals surface area contributed by atoms with Crippen LogP contribution in [0.4, 0.5) is 5.69 Å². The first-order valence-electron chi connectivity index (χ1n) is 7.36. The number of carbonyl (C=O) groups excluding carboxylic acids is 2. The Morgan fingerprint density at radius 2 is 1.81 bits per heavy atom. The minimum atomic E-state index is -0.592. The van der Waals surface area contributed by atoms with Crippen LogP contribution < -0.4 is 16.4 Å². The molecule has 5 nitrogen and oxygen atoms in total. The number of hydrogen-bond donors (Lipinski definition) is 3. The zero-order chi connectivity index (χ0) is 15.8. The van der Waals surface area contributed by atoms with Crippen molar-refractivity contribution in [3.05, 3.63) is 29.8 Å². The van der Waals surface area contributed by atoms with Crippen LogP contribution in [0.5, 0.6) is 0 Å². The molecule has 2 amide bonds. The summed E-state index contributed by atoms with van der Waals surface area (Å²) in [4.78, 5) is 23.4. The van der Waals surface area contributed by atoms with Crippen molar-refractivity contribution in [1.29, 1.82) is 0 Å². The number of benzene rings is 1. The van der Waals surface area contributed by atoms with E-state index in [1.807, 2.05) is 38.1 Å². The molecule has 0 aromatic heterocycles. The van der Waals surface area contributed by atoms with Crippen molar-refractivity contribution in [2.75, 3.05) is 11.9 Å². The summed E-state index contributed by atoms with van der Waals surface area (Å²) in [5.41, 5.74) is 7.67. The summed E-state index contributed by atoms with van der Waals surface area (Å²) in [7, 11) is 0. The number of rotatable bonds is 7. The standard InChI is InChI=1S/C16H25N3O2/c1-4-5-12-6-8-13(9-7-12)19-14(20)10-18-16(21)15(17)11(2)3/h6-9,11,15H,4-5,10,17H2,1-3H3,(H,18,21)(H,19,20)/t15-/m0/s1. The lowest BCUT2D eigenvalue weighted by Crippen LogP contribution is -2.46. The van der Waals surface area contributed by atoms with Crippen LogP contribution in [0.25, 0.3) is 0 Å². The van der Waals surface area contributed by atoms with Crippen LogP contribution in [-0.2, 0) is 16.0 Å². The van der Waals surface area contributed by atoms with Crippen molar-refractivity contribution in [3.8, 4) is 0 Å². The molecule has 0 saturated heterocycles. The number of anilines is 1.